The fourth-order valence-corrected chi connectivity index (χ4v) is 1.31. The molecule has 2 rings (SSSR count). The molecule has 0 aliphatic rings. The Bertz CT molecular complexity index is 391. The first-order valence-corrected chi connectivity index (χ1v) is 4.35. The van der Waals surface area contributed by atoms with Crippen molar-refractivity contribution >= 4 is 0 Å². The summed E-state index contributed by atoms with van der Waals surface area (Å²) in [6.45, 7) is 0.759. The molecule has 0 saturated heterocycles. The molecule has 2 aromatic heterocycles. The number of nitrogens with zero attached hydrogens (tertiary/aromatic N) is 3. The molecule has 0 fully saturated rings. The van der Waals surface area contributed by atoms with Crippen molar-refractivity contribution in [2.24, 2.45) is 0 Å². The lowest BCUT2D eigenvalue weighted by atomic mass is 10.2. The van der Waals surface area contributed by atoms with Crippen LogP contribution in [0.5, 0.6) is 0 Å². The SMILES string of the molecule is CN(C)Cc1occc1-c1c[nH]nn1. The van der Waals surface area contributed by atoms with Crippen molar-refractivity contribution in [2.75, 3.05) is 14.1 Å². The van der Waals surface area contributed by atoms with Crippen LogP contribution < -0.4 is 0 Å². The lowest BCUT2D eigenvalue weighted by molar-refractivity contribution is 0.351. The van der Waals surface area contributed by atoms with E-state index in [2.05, 4.69) is 15.4 Å². The molecule has 5 heteroatoms. The molecule has 74 valence electrons. The molecule has 2 aromatic rings. The normalized spacial score (nSPS) is 11.1. The Morgan fingerprint density at radius 2 is 2.36 bits per heavy atom. The first-order chi connectivity index (χ1) is 6.77. The minimum Gasteiger partial charge on any atom is -0.467 e. The van der Waals surface area contributed by atoms with E-state index in [1.165, 1.54) is 0 Å². The van der Waals surface area contributed by atoms with Gasteiger partial charge >= 0.3 is 0 Å². The van der Waals surface area contributed by atoms with Gasteiger partial charge in [0.1, 0.15) is 11.5 Å². The molecule has 14 heavy (non-hydrogen) atoms. The summed E-state index contributed by atoms with van der Waals surface area (Å²) in [5.41, 5.74) is 1.81. The first kappa shape index (κ1) is 8.96. The van der Waals surface area contributed by atoms with E-state index in [9.17, 15) is 0 Å². The number of aromatic amines is 1. The largest absolute Gasteiger partial charge is 0.467 e. The zero-order valence-electron chi connectivity index (χ0n) is 8.19. The molecule has 0 aliphatic heterocycles. The Balaban J connectivity index is 2.30. The number of nitrogens with one attached hydrogen (secondary N) is 1. The average Bonchev–Trinajstić information content (AvgIpc) is 2.70. The van der Waals surface area contributed by atoms with Gasteiger partial charge in [-0.25, -0.2) is 0 Å². The van der Waals surface area contributed by atoms with Crippen molar-refractivity contribution in [3.05, 3.63) is 24.3 Å². The van der Waals surface area contributed by atoms with Gasteiger partial charge in [-0.15, -0.1) is 5.10 Å². The molecule has 0 spiro atoms. The molecule has 5 nitrogen and oxygen atoms in total. The van der Waals surface area contributed by atoms with Crippen LogP contribution in [0.15, 0.2) is 22.9 Å². The van der Waals surface area contributed by atoms with E-state index < -0.39 is 0 Å². The highest BCUT2D eigenvalue weighted by Crippen LogP contribution is 2.22. The minimum absolute atomic E-state index is 0.759. The summed E-state index contributed by atoms with van der Waals surface area (Å²) in [4.78, 5) is 2.04. The van der Waals surface area contributed by atoms with Crippen molar-refractivity contribution < 1.29 is 4.42 Å². The third-order valence-corrected chi connectivity index (χ3v) is 1.90. The van der Waals surface area contributed by atoms with Gasteiger partial charge in [0.25, 0.3) is 0 Å². The van der Waals surface area contributed by atoms with Crippen LogP contribution in [0.25, 0.3) is 11.3 Å². The van der Waals surface area contributed by atoms with Gasteiger partial charge in [-0.2, -0.15) is 0 Å². The van der Waals surface area contributed by atoms with Crippen molar-refractivity contribution in [2.45, 2.75) is 6.54 Å². The third-order valence-electron chi connectivity index (χ3n) is 1.90. The molecule has 0 amide bonds. The summed E-state index contributed by atoms with van der Waals surface area (Å²) < 4.78 is 5.38. The van der Waals surface area contributed by atoms with Crippen molar-refractivity contribution in [1.29, 1.82) is 0 Å². The Labute approximate surface area is 81.7 Å². The zero-order valence-corrected chi connectivity index (χ0v) is 8.19. The first-order valence-electron chi connectivity index (χ1n) is 4.35. The van der Waals surface area contributed by atoms with E-state index in [1.54, 1.807) is 12.5 Å². The maximum Gasteiger partial charge on any atom is 0.127 e. The van der Waals surface area contributed by atoms with Gasteiger partial charge in [0.15, 0.2) is 0 Å². The molecule has 0 aliphatic carbocycles. The molecule has 0 atom stereocenters. The minimum atomic E-state index is 0.759. The maximum atomic E-state index is 5.38. The Hall–Kier alpha value is -1.62. The monoisotopic (exact) mass is 192 g/mol. The fraction of sp³-hybridized carbons (Fsp3) is 0.333. The number of H-pyrrole nitrogens is 1. The summed E-state index contributed by atoms with van der Waals surface area (Å²) in [6.07, 6.45) is 3.42. The van der Waals surface area contributed by atoms with Crippen LogP contribution >= 0.6 is 0 Å². The number of aromatic nitrogens is 3. The van der Waals surface area contributed by atoms with Crippen LogP contribution in [-0.4, -0.2) is 34.4 Å². The Kier molecular flexibility index (Phi) is 2.32. The number of hydrogen-bond acceptors (Lipinski definition) is 4. The Morgan fingerprint density at radius 1 is 1.50 bits per heavy atom. The molecule has 1 N–H and O–H groups in total. The fourth-order valence-electron chi connectivity index (χ4n) is 1.31. The summed E-state index contributed by atoms with van der Waals surface area (Å²) >= 11 is 0. The van der Waals surface area contributed by atoms with E-state index in [0.29, 0.717) is 0 Å². The maximum absolute atomic E-state index is 5.38. The molecule has 0 radical (unpaired) electrons. The molecule has 0 saturated carbocycles. The second-order valence-corrected chi connectivity index (χ2v) is 3.35. The van der Waals surface area contributed by atoms with Gasteiger partial charge in [-0.3, -0.25) is 5.10 Å². The highest BCUT2D eigenvalue weighted by Gasteiger charge is 2.11. The van der Waals surface area contributed by atoms with E-state index >= 15 is 0 Å². The molecule has 0 aromatic carbocycles. The summed E-state index contributed by atoms with van der Waals surface area (Å²) in [7, 11) is 3.99. The lowest BCUT2D eigenvalue weighted by Gasteiger charge is -2.07. The second-order valence-electron chi connectivity index (χ2n) is 3.35. The topological polar surface area (TPSA) is 58.0 Å². The van der Waals surface area contributed by atoms with Gasteiger partial charge in [0.2, 0.25) is 0 Å². The average molecular weight is 192 g/mol. The summed E-state index contributed by atoms with van der Waals surface area (Å²) in [6, 6.07) is 1.90. The lowest BCUT2D eigenvalue weighted by Crippen LogP contribution is -2.10. The number of hydrogen-bond donors (Lipinski definition) is 1. The van der Waals surface area contributed by atoms with E-state index in [-0.39, 0.29) is 0 Å². The molecular formula is C9H12N4O. The van der Waals surface area contributed by atoms with E-state index in [0.717, 1.165) is 23.6 Å². The standard InChI is InChI=1S/C9H12N4O/c1-13(2)6-9-7(3-4-14-9)8-5-10-12-11-8/h3-5H,6H2,1-2H3,(H,10,11,12). The van der Waals surface area contributed by atoms with Crippen LogP contribution in [0.4, 0.5) is 0 Å². The van der Waals surface area contributed by atoms with Gasteiger partial charge in [0.05, 0.1) is 19.0 Å². The quantitative estimate of drug-likeness (QED) is 0.791. The van der Waals surface area contributed by atoms with Crippen LogP contribution in [0.3, 0.4) is 0 Å². The smallest absolute Gasteiger partial charge is 0.127 e. The molecular weight excluding hydrogens is 180 g/mol. The van der Waals surface area contributed by atoms with Gasteiger partial charge in [-0.05, 0) is 20.2 Å². The predicted octanol–water partition coefficient (Wildman–Crippen LogP) is 1.13. The van der Waals surface area contributed by atoms with E-state index in [1.807, 2.05) is 25.1 Å². The van der Waals surface area contributed by atoms with Gasteiger partial charge in [0, 0.05) is 5.56 Å². The highest BCUT2D eigenvalue weighted by molar-refractivity contribution is 5.59. The zero-order chi connectivity index (χ0) is 9.97. The predicted molar refractivity (Wildman–Crippen MR) is 51.5 cm³/mol. The third kappa shape index (κ3) is 1.67. The Morgan fingerprint density at radius 3 is 3.00 bits per heavy atom. The molecule has 2 heterocycles. The summed E-state index contributed by atoms with van der Waals surface area (Å²) in [5, 5.41) is 10.3. The van der Waals surface area contributed by atoms with E-state index in [4.69, 9.17) is 4.42 Å². The van der Waals surface area contributed by atoms with Crippen LogP contribution in [-0.2, 0) is 6.54 Å². The van der Waals surface area contributed by atoms with Crippen molar-refractivity contribution in [3.63, 3.8) is 0 Å². The van der Waals surface area contributed by atoms with Crippen LogP contribution in [0, 0.1) is 0 Å². The molecule has 0 unspecified atom stereocenters. The highest BCUT2D eigenvalue weighted by atomic mass is 16.3. The number of rotatable bonds is 3. The van der Waals surface area contributed by atoms with Gasteiger partial charge in [-0.1, -0.05) is 5.21 Å². The van der Waals surface area contributed by atoms with Crippen LogP contribution in [0.1, 0.15) is 5.76 Å². The summed E-state index contributed by atoms with van der Waals surface area (Å²) in [5.74, 6) is 0.906. The van der Waals surface area contributed by atoms with Gasteiger partial charge < -0.3 is 9.32 Å². The van der Waals surface area contributed by atoms with Crippen molar-refractivity contribution in [1.82, 2.24) is 20.3 Å². The van der Waals surface area contributed by atoms with Crippen LogP contribution in [0.2, 0.25) is 0 Å². The molecule has 0 bridgehead atoms. The number of furan rings is 1. The van der Waals surface area contributed by atoms with Crippen molar-refractivity contribution in [3.8, 4) is 11.3 Å². The second kappa shape index (κ2) is 3.63.